The minimum absolute atomic E-state index is 0.444. The highest BCUT2D eigenvalue weighted by Crippen LogP contribution is 2.34. The molecule has 1 aliphatic rings. The normalized spacial score (nSPS) is 37.5. The Balaban J connectivity index is 2.42. The fourth-order valence-electron chi connectivity index (χ4n) is 2.02. The standard InChI is InChI=1S/C10H19N/c1-7(2)6-9-4-5-10(11)8(9)3/h8-10H,1,4-6,11H2,2-3H3. The Morgan fingerprint density at radius 3 is 2.55 bits per heavy atom. The molecule has 1 heteroatoms. The molecule has 3 unspecified atom stereocenters. The van der Waals surface area contributed by atoms with Gasteiger partial charge in [0, 0.05) is 6.04 Å². The maximum Gasteiger partial charge on any atom is 0.00673 e. The van der Waals surface area contributed by atoms with Crippen molar-refractivity contribution in [2.45, 2.75) is 39.2 Å². The molecule has 0 saturated heterocycles. The van der Waals surface area contributed by atoms with E-state index in [1.165, 1.54) is 24.8 Å². The van der Waals surface area contributed by atoms with Crippen molar-refractivity contribution in [3.63, 3.8) is 0 Å². The Morgan fingerprint density at radius 1 is 1.55 bits per heavy atom. The highest BCUT2D eigenvalue weighted by atomic mass is 14.7. The molecule has 0 radical (unpaired) electrons. The van der Waals surface area contributed by atoms with Gasteiger partial charge in [-0.25, -0.2) is 0 Å². The molecule has 0 aliphatic heterocycles. The zero-order chi connectivity index (χ0) is 8.43. The second-order valence-corrected chi connectivity index (χ2v) is 4.02. The van der Waals surface area contributed by atoms with E-state index in [2.05, 4.69) is 20.4 Å². The third kappa shape index (κ3) is 2.06. The molecular formula is C10H19N. The van der Waals surface area contributed by atoms with Gasteiger partial charge in [-0.1, -0.05) is 12.5 Å². The zero-order valence-electron chi connectivity index (χ0n) is 7.64. The predicted octanol–water partition coefficient (Wildman–Crippen LogP) is 2.33. The molecule has 1 saturated carbocycles. The Hall–Kier alpha value is -0.300. The third-order valence-corrected chi connectivity index (χ3v) is 2.90. The zero-order valence-corrected chi connectivity index (χ0v) is 7.64. The smallest absolute Gasteiger partial charge is 0.00673 e. The molecule has 1 fully saturated rings. The van der Waals surface area contributed by atoms with Crippen LogP contribution in [0, 0.1) is 11.8 Å². The van der Waals surface area contributed by atoms with Crippen molar-refractivity contribution in [3.8, 4) is 0 Å². The highest BCUT2D eigenvalue weighted by Gasteiger charge is 2.29. The average Bonchev–Trinajstić information content (AvgIpc) is 2.18. The van der Waals surface area contributed by atoms with Gasteiger partial charge in [-0.2, -0.15) is 0 Å². The molecule has 1 nitrogen and oxygen atoms in total. The summed E-state index contributed by atoms with van der Waals surface area (Å²) >= 11 is 0. The van der Waals surface area contributed by atoms with Crippen molar-refractivity contribution in [2.75, 3.05) is 0 Å². The van der Waals surface area contributed by atoms with E-state index in [0.717, 1.165) is 5.92 Å². The van der Waals surface area contributed by atoms with E-state index in [0.29, 0.717) is 12.0 Å². The quantitative estimate of drug-likeness (QED) is 0.605. The van der Waals surface area contributed by atoms with Crippen LogP contribution in [0.1, 0.15) is 33.1 Å². The van der Waals surface area contributed by atoms with Crippen LogP contribution in [0.15, 0.2) is 12.2 Å². The van der Waals surface area contributed by atoms with Gasteiger partial charge in [0.05, 0.1) is 0 Å². The summed E-state index contributed by atoms with van der Waals surface area (Å²) in [5.41, 5.74) is 7.22. The molecule has 1 rings (SSSR count). The monoisotopic (exact) mass is 153 g/mol. The Labute approximate surface area is 69.7 Å². The van der Waals surface area contributed by atoms with E-state index in [-0.39, 0.29) is 0 Å². The first-order valence-corrected chi connectivity index (χ1v) is 4.51. The predicted molar refractivity (Wildman–Crippen MR) is 49.3 cm³/mol. The van der Waals surface area contributed by atoms with Gasteiger partial charge in [0.25, 0.3) is 0 Å². The number of allylic oxidation sites excluding steroid dienone is 1. The Morgan fingerprint density at radius 2 is 2.18 bits per heavy atom. The minimum atomic E-state index is 0.444. The van der Waals surface area contributed by atoms with Gasteiger partial charge in [-0.05, 0) is 38.0 Å². The fourth-order valence-corrected chi connectivity index (χ4v) is 2.02. The lowest BCUT2D eigenvalue weighted by molar-refractivity contribution is 0.390. The van der Waals surface area contributed by atoms with Gasteiger partial charge in [0.1, 0.15) is 0 Å². The molecule has 1 aliphatic carbocycles. The molecule has 0 aromatic rings. The van der Waals surface area contributed by atoms with E-state index >= 15 is 0 Å². The van der Waals surface area contributed by atoms with Gasteiger partial charge in [0.15, 0.2) is 0 Å². The summed E-state index contributed by atoms with van der Waals surface area (Å²) in [5.74, 6) is 1.51. The van der Waals surface area contributed by atoms with Crippen LogP contribution < -0.4 is 5.73 Å². The van der Waals surface area contributed by atoms with Gasteiger partial charge in [0.2, 0.25) is 0 Å². The van der Waals surface area contributed by atoms with Crippen molar-refractivity contribution >= 4 is 0 Å². The second kappa shape index (κ2) is 3.40. The molecule has 0 aromatic carbocycles. The van der Waals surface area contributed by atoms with Gasteiger partial charge in [-0.3, -0.25) is 0 Å². The maximum atomic E-state index is 5.91. The Kier molecular flexibility index (Phi) is 2.72. The Bertz CT molecular complexity index is 151. The molecule has 0 amide bonds. The molecule has 0 aromatic heterocycles. The van der Waals surface area contributed by atoms with Crippen molar-refractivity contribution in [2.24, 2.45) is 17.6 Å². The summed E-state index contributed by atoms with van der Waals surface area (Å²) < 4.78 is 0. The largest absolute Gasteiger partial charge is 0.327 e. The summed E-state index contributed by atoms with van der Waals surface area (Å²) in [6.07, 6.45) is 3.68. The van der Waals surface area contributed by atoms with Crippen LogP contribution in [0.4, 0.5) is 0 Å². The summed E-state index contributed by atoms with van der Waals surface area (Å²) in [5, 5.41) is 0. The lowest BCUT2D eigenvalue weighted by atomic mass is 9.91. The summed E-state index contributed by atoms with van der Waals surface area (Å²) in [6.45, 7) is 8.31. The molecular weight excluding hydrogens is 134 g/mol. The van der Waals surface area contributed by atoms with Gasteiger partial charge < -0.3 is 5.73 Å². The van der Waals surface area contributed by atoms with Gasteiger partial charge in [-0.15, -0.1) is 6.58 Å². The van der Waals surface area contributed by atoms with Crippen LogP contribution in [0.2, 0.25) is 0 Å². The van der Waals surface area contributed by atoms with E-state index in [4.69, 9.17) is 5.73 Å². The number of nitrogens with two attached hydrogens (primary N) is 1. The molecule has 2 N–H and O–H groups in total. The maximum absolute atomic E-state index is 5.91. The number of hydrogen-bond donors (Lipinski definition) is 1. The van der Waals surface area contributed by atoms with Crippen LogP contribution in [-0.4, -0.2) is 6.04 Å². The third-order valence-electron chi connectivity index (χ3n) is 2.90. The van der Waals surface area contributed by atoms with Gasteiger partial charge >= 0.3 is 0 Å². The number of hydrogen-bond acceptors (Lipinski definition) is 1. The first-order valence-electron chi connectivity index (χ1n) is 4.51. The first kappa shape index (κ1) is 8.79. The second-order valence-electron chi connectivity index (χ2n) is 4.02. The summed E-state index contributed by atoms with van der Waals surface area (Å²) in [7, 11) is 0. The summed E-state index contributed by atoms with van der Waals surface area (Å²) in [4.78, 5) is 0. The van der Waals surface area contributed by atoms with E-state index in [1.54, 1.807) is 0 Å². The molecule has 0 heterocycles. The van der Waals surface area contributed by atoms with Crippen molar-refractivity contribution in [1.82, 2.24) is 0 Å². The lowest BCUT2D eigenvalue weighted by Crippen LogP contribution is -2.25. The van der Waals surface area contributed by atoms with Crippen LogP contribution in [0.3, 0.4) is 0 Å². The molecule has 11 heavy (non-hydrogen) atoms. The first-order chi connectivity index (χ1) is 5.11. The van der Waals surface area contributed by atoms with Crippen LogP contribution in [0.25, 0.3) is 0 Å². The molecule has 0 bridgehead atoms. The van der Waals surface area contributed by atoms with E-state index in [1.807, 2.05) is 0 Å². The fraction of sp³-hybridized carbons (Fsp3) is 0.800. The van der Waals surface area contributed by atoms with E-state index in [9.17, 15) is 0 Å². The van der Waals surface area contributed by atoms with Crippen molar-refractivity contribution in [3.05, 3.63) is 12.2 Å². The average molecular weight is 153 g/mol. The topological polar surface area (TPSA) is 26.0 Å². The number of rotatable bonds is 2. The van der Waals surface area contributed by atoms with Crippen molar-refractivity contribution in [1.29, 1.82) is 0 Å². The van der Waals surface area contributed by atoms with E-state index < -0.39 is 0 Å². The molecule has 3 atom stereocenters. The van der Waals surface area contributed by atoms with Crippen LogP contribution in [-0.2, 0) is 0 Å². The minimum Gasteiger partial charge on any atom is -0.327 e. The van der Waals surface area contributed by atoms with Crippen LogP contribution >= 0.6 is 0 Å². The molecule has 0 spiro atoms. The summed E-state index contributed by atoms with van der Waals surface area (Å²) in [6, 6.07) is 0.444. The lowest BCUT2D eigenvalue weighted by Gasteiger charge is -2.17. The van der Waals surface area contributed by atoms with Crippen LogP contribution in [0.5, 0.6) is 0 Å². The SMILES string of the molecule is C=C(C)CC1CCC(N)C1C. The highest BCUT2D eigenvalue weighted by molar-refractivity contribution is 4.95. The van der Waals surface area contributed by atoms with Crippen molar-refractivity contribution < 1.29 is 0 Å². The molecule has 64 valence electrons.